The molecule has 0 aliphatic heterocycles. The molecule has 1 heterocycles. The van der Waals surface area contributed by atoms with Crippen molar-refractivity contribution in [3.8, 4) is 5.88 Å². The molecule has 5 nitrogen and oxygen atoms in total. The fraction of sp³-hybridized carbons (Fsp3) is 0.0909. The Morgan fingerprint density at radius 3 is 2.16 bits per heavy atom. The number of hydrogen-bond donors (Lipinski definition) is 2. The average Bonchev–Trinajstić information content (AvgIpc) is 2.26. The van der Waals surface area contributed by atoms with Gasteiger partial charge in [0.1, 0.15) is 0 Å². The van der Waals surface area contributed by atoms with Gasteiger partial charge in [-0.3, -0.25) is 9.78 Å². The van der Waals surface area contributed by atoms with Gasteiger partial charge in [0.2, 0.25) is 0 Å². The Morgan fingerprint density at radius 1 is 1.05 bits per heavy atom. The molecular formula is C11H7Cl2KN2O3. The van der Waals surface area contributed by atoms with Gasteiger partial charge in [0, 0.05) is 22.0 Å². The molecule has 0 fully saturated rings. The van der Waals surface area contributed by atoms with Gasteiger partial charge in [0.05, 0.1) is 0 Å². The molecule has 0 amide bonds. The SMILES string of the molecule is O=c1[nH]c([O-])c(Cc2c(Cl)cccc2Cl)c(=O)[nH]1.[K+]. The second kappa shape index (κ2) is 7.08. The Hall–Kier alpha value is -0.0836. The number of rotatable bonds is 2. The van der Waals surface area contributed by atoms with E-state index in [0.717, 1.165) is 0 Å². The van der Waals surface area contributed by atoms with Crippen LogP contribution in [0.4, 0.5) is 0 Å². The monoisotopic (exact) mass is 324 g/mol. The minimum absolute atomic E-state index is 0. The van der Waals surface area contributed by atoms with E-state index in [1.165, 1.54) is 0 Å². The van der Waals surface area contributed by atoms with Crippen molar-refractivity contribution in [3.63, 3.8) is 0 Å². The van der Waals surface area contributed by atoms with Gasteiger partial charge < -0.3 is 10.1 Å². The van der Waals surface area contributed by atoms with Crippen LogP contribution >= 0.6 is 23.2 Å². The van der Waals surface area contributed by atoms with Crippen LogP contribution in [0.5, 0.6) is 5.88 Å². The molecule has 1 aromatic heterocycles. The largest absolute Gasteiger partial charge is 1.00 e. The summed E-state index contributed by atoms with van der Waals surface area (Å²) < 4.78 is 0. The van der Waals surface area contributed by atoms with Crippen LogP contribution in [0, 0.1) is 0 Å². The summed E-state index contributed by atoms with van der Waals surface area (Å²) in [5.74, 6) is -0.736. The van der Waals surface area contributed by atoms with E-state index in [4.69, 9.17) is 23.2 Å². The Balaban J connectivity index is 0.00000180. The van der Waals surface area contributed by atoms with Crippen molar-refractivity contribution in [1.82, 2.24) is 9.97 Å². The van der Waals surface area contributed by atoms with Crippen LogP contribution in [0.25, 0.3) is 0 Å². The summed E-state index contributed by atoms with van der Waals surface area (Å²) in [7, 11) is 0. The van der Waals surface area contributed by atoms with Crippen molar-refractivity contribution >= 4 is 23.2 Å². The van der Waals surface area contributed by atoms with Crippen LogP contribution in [0.15, 0.2) is 27.8 Å². The molecule has 1 aromatic carbocycles. The van der Waals surface area contributed by atoms with E-state index in [9.17, 15) is 14.7 Å². The molecule has 0 unspecified atom stereocenters. The smallest absolute Gasteiger partial charge is 0.860 e. The number of benzene rings is 1. The Morgan fingerprint density at radius 2 is 1.63 bits per heavy atom. The predicted octanol–water partition coefficient (Wildman–Crippen LogP) is -1.96. The number of halogens is 2. The summed E-state index contributed by atoms with van der Waals surface area (Å²) in [6, 6.07) is 4.86. The van der Waals surface area contributed by atoms with E-state index >= 15 is 0 Å². The van der Waals surface area contributed by atoms with Crippen LogP contribution in [-0.2, 0) is 6.42 Å². The third kappa shape index (κ3) is 3.95. The molecule has 0 atom stereocenters. The number of nitrogens with one attached hydrogen (secondary N) is 2. The third-order valence-electron chi connectivity index (χ3n) is 2.42. The van der Waals surface area contributed by atoms with Gasteiger partial charge in [-0.05, 0) is 23.6 Å². The van der Waals surface area contributed by atoms with Gasteiger partial charge in [0.25, 0.3) is 5.56 Å². The normalized spacial score (nSPS) is 10.0. The molecule has 8 heteroatoms. The summed E-state index contributed by atoms with van der Waals surface area (Å²) in [4.78, 5) is 26.4. The first kappa shape index (κ1) is 17.0. The van der Waals surface area contributed by atoms with Gasteiger partial charge in [-0.25, -0.2) is 4.79 Å². The van der Waals surface area contributed by atoms with Gasteiger partial charge in [-0.15, -0.1) is 0 Å². The maximum absolute atomic E-state index is 11.5. The summed E-state index contributed by atoms with van der Waals surface area (Å²) in [5.41, 5.74) is -1.21. The number of hydrogen-bond acceptors (Lipinski definition) is 3. The molecule has 0 saturated carbocycles. The fourth-order valence-electron chi connectivity index (χ4n) is 1.53. The zero-order chi connectivity index (χ0) is 13.3. The van der Waals surface area contributed by atoms with E-state index in [2.05, 4.69) is 0 Å². The topological polar surface area (TPSA) is 88.8 Å². The number of aromatic amines is 2. The minimum Gasteiger partial charge on any atom is -0.860 e. The summed E-state index contributed by atoms with van der Waals surface area (Å²) in [5, 5.41) is 12.2. The first-order valence-electron chi connectivity index (χ1n) is 4.94. The second-order valence-electron chi connectivity index (χ2n) is 3.59. The van der Waals surface area contributed by atoms with E-state index in [0.29, 0.717) is 15.6 Å². The quantitative estimate of drug-likeness (QED) is 0.629. The van der Waals surface area contributed by atoms with Crippen molar-refractivity contribution in [1.29, 1.82) is 0 Å². The Bertz CT molecular complexity index is 692. The molecule has 0 aliphatic carbocycles. The third-order valence-corrected chi connectivity index (χ3v) is 3.13. The van der Waals surface area contributed by atoms with Crippen LogP contribution in [0.1, 0.15) is 11.1 Å². The molecular weight excluding hydrogens is 318 g/mol. The van der Waals surface area contributed by atoms with Crippen molar-refractivity contribution in [3.05, 3.63) is 60.2 Å². The Kier molecular flexibility index (Phi) is 6.32. The van der Waals surface area contributed by atoms with Crippen LogP contribution in [0.2, 0.25) is 10.0 Å². The molecule has 2 aromatic rings. The molecule has 2 rings (SSSR count). The summed E-state index contributed by atoms with van der Waals surface area (Å²) in [6.45, 7) is 0. The molecule has 0 saturated heterocycles. The van der Waals surface area contributed by atoms with Gasteiger partial charge in [-0.1, -0.05) is 29.3 Å². The molecule has 2 N–H and O–H groups in total. The van der Waals surface area contributed by atoms with E-state index in [1.807, 2.05) is 9.97 Å². The van der Waals surface area contributed by atoms with Gasteiger partial charge in [0.15, 0.2) is 0 Å². The van der Waals surface area contributed by atoms with Crippen molar-refractivity contribution in [2.45, 2.75) is 6.42 Å². The zero-order valence-corrected chi connectivity index (χ0v) is 14.6. The summed E-state index contributed by atoms with van der Waals surface area (Å²) in [6.07, 6.45) is -0.0382. The first-order chi connectivity index (χ1) is 8.49. The molecule has 0 radical (unpaired) electrons. The van der Waals surface area contributed by atoms with E-state index in [-0.39, 0.29) is 63.4 Å². The maximum Gasteiger partial charge on any atom is 1.00 e. The van der Waals surface area contributed by atoms with Crippen LogP contribution in [0.3, 0.4) is 0 Å². The second-order valence-corrected chi connectivity index (χ2v) is 4.41. The first-order valence-corrected chi connectivity index (χ1v) is 5.70. The Labute approximate surface area is 160 Å². The number of H-pyrrole nitrogens is 2. The van der Waals surface area contributed by atoms with Crippen LogP contribution < -0.4 is 67.7 Å². The molecule has 0 spiro atoms. The summed E-state index contributed by atoms with van der Waals surface area (Å²) >= 11 is 11.9. The van der Waals surface area contributed by atoms with Crippen molar-refractivity contribution in [2.24, 2.45) is 0 Å². The maximum atomic E-state index is 11.5. The van der Waals surface area contributed by atoms with Gasteiger partial charge >= 0.3 is 57.1 Å². The predicted molar refractivity (Wildman–Crippen MR) is 66.4 cm³/mol. The van der Waals surface area contributed by atoms with Gasteiger partial charge in [-0.2, -0.15) is 0 Å². The average molecular weight is 325 g/mol. The molecule has 94 valence electrons. The molecule has 19 heavy (non-hydrogen) atoms. The fourth-order valence-corrected chi connectivity index (χ4v) is 2.06. The van der Waals surface area contributed by atoms with Crippen molar-refractivity contribution < 1.29 is 56.5 Å². The standard InChI is InChI=1S/C11H8Cl2N2O3.K/c12-7-2-1-3-8(13)5(7)4-6-9(16)14-11(18)15-10(6)17;/h1-3H,4H2,(H3,14,15,16,17,18);/q;+1/p-1. The van der Waals surface area contributed by atoms with E-state index < -0.39 is 17.1 Å². The molecule has 0 aliphatic rings. The van der Waals surface area contributed by atoms with Crippen molar-refractivity contribution in [2.75, 3.05) is 0 Å². The zero-order valence-electron chi connectivity index (χ0n) is 9.92. The molecule has 0 bridgehead atoms. The van der Waals surface area contributed by atoms with E-state index in [1.54, 1.807) is 18.2 Å². The van der Waals surface area contributed by atoms with Crippen LogP contribution in [-0.4, -0.2) is 9.97 Å². The minimum atomic E-state index is -0.834. The number of aromatic nitrogens is 2.